The molecular weight excluding hydrogens is 420 g/mol. The molecule has 0 fully saturated rings. The van der Waals surface area contributed by atoms with Gasteiger partial charge in [-0.25, -0.2) is 4.68 Å². The zero-order chi connectivity index (χ0) is 22.9. The summed E-state index contributed by atoms with van der Waals surface area (Å²) in [5.41, 5.74) is 2.42. The number of aryl methyl sites for hydroxylation is 2. The van der Waals surface area contributed by atoms with Crippen LogP contribution in [0.4, 0.5) is 0 Å². The molecule has 1 atom stereocenters. The van der Waals surface area contributed by atoms with E-state index in [0.29, 0.717) is 43.9 Å². The monoisotopic (exact) mass is 446 g/mol. The zero-order valence-electron chi connectivity index (χ0n) is 18.7. The number of amides is 1. The third-order valence-corrected chi connectivity index (χ3v) is 6.10. The summed E-state index contributed by atoms with van der Waals surface area (Å²) < 4.78 is 14.6. The molecule has 1 amide bonds. The molecule has 0 bridgehead atoms. The fourth-order valence-corrected chi connectivity index (χ4v) is 4.40. The van der Waals surface area contributed by atoms with Crippen LogP contribution in [0.15, 0.2) is 53.5 Å². The summed E-state index contributed by atoms with van der Waals surface area (Å²) in [4.78, 5) is 25.4. The lowest BCUT2D eigenvalue weighted by Gasteiger charge is -2.21. The van der Waals surface area contributed by atoms with E-state index in [9.17, 15) is 9.59 Å². The number of fused-ring (bicyclic) bond motifs is 4. The minimum absolute atomic E-state index is 0.0345. The molecule has 1 aliphatic heterocycles. The number of para-hydroxylation sites is 1. The van der Waals surface area contributed by atoms with Gasteiger partial charge in [0.1, 0.15) is 18.7 Å². The zero-order valence-corrected chi connectivity index (χ0v) is 18.7. The predicted molar refractivity (Wildman–Crippen MR) is 126 cm³/mol. The molecule has 170 valence electrons. The van der Waals surface area contributed by atoms with Crippen molar-refractivity contribution in [1.29, 1.82) is 0 Å². The Morgan fingerprint density at radius 3 is 2.76 bits per heavy atom. The highest BCUT2D eigenvalue weighted by atomic mass is 16.6. The lowest BCUT2D eigenvalue weighted by Crippen LogP contribution is -2.27. The summed E-state index contributed by atoms with van der Waals surface area (Å²) in [6.07, 6.45) is 2.70. The fraction of sp³-hybridized carbons (Fsp3) is 0.320. The quantitative estimate of drug-likeness (QED) is 0.491. The van der Waals surface area contributed by atoms with Gasteiger partial charge < -0.3 is 19.4 Å². The van der Waals surface area contributed by atoms with Crippen molar-refractivity contribution in [1.82, 2.24) is 19.7 Å². The number of ether oxygens (including phenoxy) is 2. The van der Waals surface area contributed by atoms with E-state index in [1.54, 1.807) is 13.2 Å². The Balaban J connectivity index is 1.28. The molecule has 0 saturated carbocycles. The maximum absolute atomic E-state index is 12.8. The fourth-order valence-electron chi connectivity index (χ4n) is 4.40. The number of carbonyl (C=O) groups excluding carboxylic acids is 1. The van der Waals surface area contributed by atoms with Crippen molar-refractivity contribution in [2.24, 2.45) is 7.05 Å². The molecule has 2 aromatic carbocycles. The first-order chi connectivity index (χ1) is 16.0. The van der Waals surface area contributed by atoms with Gasteiger partial charge in [-0.2, -0.15) is 5.10 Å². The molecule has 0 saturated heterocycles. The Bertz CT molecular complexity index is 1410. The van der Waals surface area contributed by atoms with Crippen LogP contribution in [0.5, 0.6) is 11.5 Å². The Morgan fingerprint density at radius 2 is 1.91 bits per heavy atom. The third kappa shape index (κ3) is 3.92. The van der Waals surface area contributed by atoms with E-state index in [4.69, 9.17) is 9.47 Å². The summed E-state index contributed by atoms with van der Waals surface area (Å²) >= 11 is 0. The van der Waals surface area contributed by atoms with Crippen molar-refractivity contribution in [3.8, 4) is 11.5 Å². The van der Waals surface area contributed by atoms with Gasteiger partial charge in [-0.15, -0.1) is 0 Å². The van der Waals surface area contributed by atoms with Gasteiger partial charge in [0.2, 0.25) is 5.91 Å². The number of rotatable bonds is 6. The van der Waals surface area contributed by atoms with Gasteiger partial charge in [-0.3, -0.25) is 9.59 Å². The average Bonchev–Trinajstić information content (AvgIpc) is 3.15. The van der Waals surface area contributed by atoms with Crippen molar-refractivity contribution in [3.05, 3.63) is 64.6 Å². The second-order valence-electron chi connectivity index (χ2n) is 8.30. The number of carbonyl (C=O) groups is 1. The maximum Gasteiger partial charge on any atom is 0.291 e. The summed E-state index contributed by atoms with van der Waals surface area (Å²) in [5.74, 6) is 1.41. The number of hydrogen-bond donors (Lipinski definition) is 1. The van der Waals surface area contributed by atoms with Crippen molar-refractivity contribution < 1.29 is 14.3 Å². The molecule has 8 heteroatoms. The molecule has 1 aliphatic rings. The molecule has 2 aromatic heterocycles. The van der Waals surface area contributed by atoms with Gasteiger partial charge in [0.15, 0.2) is 11.5 Å². The second-order valence-corrected chi connectivity index (χ2v) is 8.30. The Labute approximate surface area is 190 Å². The van der Waals surface area contributed by atoms with Crippen LogP contribution in [0.1, 0.15) is 31.4 Å². The smallest absolute Gasteiger partial charge is 0.291 e. The van der Waals surface area contributed by atoms with Gasteiger partial charge in [-0.05, 0) is 37.1 Å². The van der Waals surface area contributed by atoms with Crippen LogP contribution in [0.3, 0.4) is 0 Å². The topological polar surface area (TPSA) is 87.4 Å². The molecule has 0 unspecified atom stereocenters. The van der Waals surface area contributed by atoms with E-state index in [1.807, 2.05) is 54.0 Å². The Morgan fingerprint density at radius 1 is 1.12 bits per heavy atom. The summed E-state index contributed by atoms with van der Waals surface area (Å²) in [7, 11) is 1.65. The van der Waals surface area contributed by atoms with Crippen molar-refractivity contribution >= 4 is 27.7 Å². The number of nitrogens with zero attached hydrogens (tertiary/aromatic N) is 3. The summed E-state index contributed by atoms with van der Waals surface area (Å²) in [6, 6.07) is 13.5. The molecule has 8 nitrogen and oxygen atoms in total. The first-order valence-corrected chi connectivity index (χ1v) is 11.1. The van der Waals surface area contributed by atoms with E-state index in [-0.39, 0.29) is 17.5 Å². The van der Waals surface area contributed by atoms with E-state index < -0.39 is 0 Å². The largest absolute Gasteiger partial charge is 0.486 e. The van der Waals surface area contributed by atoms with Gasteiger partial charge in [0.25, 0.3) is 5.56 Å². The molecule has 0 radical (unpaired) electrons. The first kappa shape index (κ1) is 21.1. The lowest BCUT2D eigenvalue weighted by atomic mass is 10.1. The molecular formula is C25H26N4O4. The van der Waals surface area contributed by atoms with Gasteiger partial charge in [0, 0.05) is 36.3 Å². The van der Waals surface area contributed by atoms with Crippen LogP contribution < -0.4 is 20.3 Å². The maximum atomic E-state index is 12.8. The lowest BCUT2D eigenvalue weighted by molar-refractivity contribution is -0.121. The van der Waals surface area contributed by atoms with Gasteiger partial charge >= 0.3 is 0 Å². The van der Waals surface area contributed by atoms with Crippen molar-refractivity contribution in [2.45, 2.75) is 32.4 Å². The minimum Gasteiger partial charge on any atom is -0.486 e. The predicted octanol–water partition coefficient (Wildman–Crippen LogP) is 3.32. The second kappa shape index (κ2) is 8.61. The van der Waals surface area contributed by atoms with Gasteiger partial charge in [-0.1, -0.05) is 24.3 Å². The Kier molecular flexibility index (Phi) is 5.50. The summed E-state index contributed by atoms with van der Waals surface area (Å²) in [5, 5.41) is 9.07. The third-order valence-electron chi connectivity index (χ3n) is 6.10. The summed E-state index contributed by atoms with van der Waals surface area (Å²) in [6.45, 7) is 3.59. The molecule has 0 aliphatic carbocycles. The first-order valence-electron chi connectivity index (χ1n) is 11.1. The van der Waals surface area contributed by atoms with Crippen LogP contribution in [0.25, 0.3) is 21.8 Å². The number of hydrogen-bond acceptors (Lipinski definition) is 5. The molecule has 4 aromatic rings. The molecule has 33 heavy (non-hydrogen) atoms. The highest BCUT2D eigenvalue weighted by Gasteiger charge is 2.17. The van der Waals surface area contributed by atoms with E-state index in [1.165, 1.54) is 4.68 Å². The number of aromatic nitrogens is 3. The molecule has 0 spiro atoms. The minimum atomic E-state index is -0.153. The van der Waals surface area contributed by atoms with E-state index in [2.05, 4.69) is 10.4 Å². The standard InChI is InChI=1S/C25H26N4O4/c1-16(17-9-10-21-22(14-17)33-13-12-32-21)27-23(30)8-5-11-29-20-7-4-3-6-18(20)19-15-26-28(2)25(31)24(19)29/h3-4,6-7,9-10,14-16H,5,8,11-13H2,1-2H3,(H,27,30)/t16-/m0/s1. The Hall–Kier alpha value is -3.81. The van der Waals surface area contributed by atoms with Crippen LogP contribution in [-0.2, 0) is 18.4 Å². The molecule has 3 heterocycles. The van der Waals surface area contributed by atoms with Crippen LogP contribution in [0, 0.1) is 0 Å². The van der Waals surface area contributed by atoms with Crippen LogP contribution >= 0.6 is 0 Å². The van der Waals surface area contributed by atoms with Crippen molar-refractivity contribution in [2.75, 3.05) is 13.2 Å². The van der Waals surface area contributed by atoms with E-state index in [0.717, 1.165) is 27.6 Å². The normalized spacial score (nSPS) is 13.9. The number of benzene rings is 2. The number of nitrogens with one attached hydrogen (secondary N) is 1. The van der Waals surface area contributed by atoms with Crippen LogP contribution in [0.2, 0.25) is 0 Å². The van der Waals surface area contributed by atoms with Gasteiger partial charge in [0.05, 0.1) is 12.2 Å². The average molecular weight is 447 g/mol. The highest BCUT2D eigenvalue weighted by Crippen LogP contribution is 2.32. The SMILES string of the molecule is C[C@H](NC(=O)CCCn1c2ccccc2c2cnn(C)c(=O)c21)c1ccc2c(c1)OCCO2. The van der Waals surface area contributed by atoms with E-state index >= 15 is 0 Å². The molecule has 5 rings (SSSR count). The van der Waals surface area contributed by atoms with Crippen LogP contribution in [-0.4, -0.2) is 33.5 Å². The highest BCUT2D eigenvalue weighted by molar-refractivity contribution is 6.07. The van der Waals surface area contributed by atoms with Crippen molar-refractivity contribution in [3.63, 3.8) is 0 Å². The molecule has 1 N–H and O–H groups in total.